The Hall–Kier alpha value is -2.69. The molecule has 0 aliphatic carbocycles. The van der Waals surface area contributed by atoms with Gasteiger partial charge in [-0.1, -0.05) is 24.3 Å². The predicted octanol–water partition coefficient (Wildman–Crippen LogP) is 2.45. The van der Waals surface area contributed by atoms with E-state index in [1.807, 2.05) is 6.07 Å². The van der Waals surface area contributed by atoms with Crippen LogP contribution in [0.3, 0.4) is 0 Å². The number of hydrogen-bond donors (Lipinski definition) is 1. The second-order valence-corrected chi connectivity index (χ2v) is 4.35. The molecule has 0 unspecified atom stereocenters. The fourth-order valence-corrected chi connectivity index (χ4v) is 1.97. The molecule has 0 aliphatic rings. The molecule has 0 radical (unpaired) electrons. The summed E-state index contributed by atoms with van der Waals surface area (Å²) >= 11 is 0. The van der Waals surface area contributed by atoms with E-state index < -0.39 is 0 Å². The molecular formula is C15H12FN3O. The lowest BCUT2D eigenvalue weighted by Crippen LogP contribution is -2.15. The van der Waals surface area contributed by atoms with Gasteiger partial charge >= 0.3 is 0 Å². The van der Waals surface area contributed by atoms with Crippen molar-refractivity contribution in [2.75, 3.05) is 5.32 Å². The third-order valence-corrected chi connectivity index (χ3v) is 2.99. The van der Waals surface area contributed by atoms with Gasteiger partial charge in [0.05, 0.1) is 0 Å². The van der Waals surface area contributed by atoms with Crippen LogP contribution in [0.25, 0.3) is 5.65 Å². The molecule has 2 heterocycles. The average Bonchev–Trinajstić information content (AvgIpc) is 2.46. The molecule has 5 heteroatoms. The summed E-state index contributed by atoms with van der Waals surface area (Å²) in [6, 6.07) is 13.2. The zero-order chi connectivity index (χ0) is 13.9. The van der Waals surface area contributed by atoms with Gasteiger partial charge in [0.2, 0.25) is 0 Å². The van der Waals surface area contributed by atoms with E-state index in [9.17, 15) is 9.18 Å². The van der Waals surface area contributed by atoms with E-state index in [0.29, 0.717) is 17.0 Å². The second kappa shape index (κ2) is 5.13. The first kappa shape index (κ1) is 12.3. The van der Waals surface area contributed by atoms with Crippen LogP contribution in [0.5, 0.6) is 0 Å². The summed E-state index contributed by atoms with van der Waals surface area (Å²) in [7, 11) is 0. The fraction of sp³-hybridized carbons (Fsp3) is 0.0667. The zero-order valence-electron chi connectivity index (χ0n) is 10.6. The first-order valence-electron chi connectivity index (χ1n) is 6.20. The van der Waals surface area contributed by atoms with E-state index in [1.165, 1.54) is 16.5 Å². The summed E-state index contributed by atoms with van der Waals surface area (Å²) in [6.45, 7) is 0.280. The molecular weight excluding hydrogens is 257 g/mol. The minimum Gasteiger partial charge on any atom is -0.366 e. The number of hydrogen-bond acceptors (Lipinski definition) is 3. The van der Waals surface area contributed by atoms with Gasteiger partial charge < -0.3 is 5.32 Å². The maximum absolute atomic E-state index is 13.5. The van der Waals surface area contributed by atoms with Crippen molar-refractivity contribution in [3.8, 4) is 0 Å². The lowest BCUT2D eigenvalue weighted by Gasteiger charge is -2.07. The lowest BCUT2D eigenvalue weighted by molar-refractivity contribution is 0.613. The van der Waals surface area contributed by atoms with Gasteiger partial charge in [-0.3, -0.25) is 9.20 Å². The Morgan fingerprint density at radius 1 is 1.15 bits per heavy atom. The van der Waals surface area contributed by atoms with Crippen molar-refractivity contribution >= 4 is 11.5 Å². The number of nitrogens with one attached hydrogen (secondary N) is 1. The van der Waals surface area contributed by atoms with Crippen molar-refractivity contribution in [2.24, 2.45) is 0 Å². The number of anilines is 1. The molecule has 0 spiro atoms. The number of pyridine rings is 1. The van der Waals surface area contributed by atoms with Crippen molar-refractivity contribution in [1.29, 1.82) is 0 Å². The maximum Gasteiger partial charge on any atom is 0.259 e. The molecule has 0 amide bonds. The molecule has 3 rings (SSSR count). The first-order valence-corrected chi connectivity index (χ1v) is 6.20. The highest BCUT2D eigenvalue weighted by Crippen LogP contribution is 2.09. The smallest absolute Gasteiger partial charge is 0.259 e. The van der Waals surface area contributed by atoms with E-state index >= 15 is 0 Å². The van der Waals surface area contributed by atoms with Crippen LogP contribution in [0.2, 0.25) is 0 Å². The number of halogens is 1. The molecule has 3 aromatic rings. The molecule has 0 atom stereocenters. The van der Waals surface area contributed by atoms with Gasteiger partial charge in [-0.05, 0) is 18.2 Å². The summed E-state index contributed by atoms with van der Waals surface area (Å²) in [5, 5.41) is 2.97. The van der Waals surface area contributed by atoms with Crippen molar-refractivity contribution in [1.82, 2.24) is 9.38 Å². The predicted molar refractivity (Wildman–Crippen MR) is 75.2 cm³/mol. The number of fused-ring (bicyclic) bond motifs is 1. The van der Waals surface area contributed by atoms with Crippen LogP contribution in [0.1, 0.15) is 5.56 Å². The monoisotopic (exact) mass is 269 g/mol. The van der Waals surface area contributed by atoms with Crippen molar-refractivity contribution in [3.63, 3.8) is 0 Å². The van der Waals surface area contributed by atoms with Gasteiger partial charge in [0.25, 0.3) is 5.56 Å². The van der Waals surface area contributed by atoms with Crippen molar-refractivity contribution < 1.29 is 4.39 Å². The topological polar surface area (TPSA) is 46.4 Å². The molecule has 20 heavy (non-hydrogen) atoms. The average molecular weight is 269 g/mol. The van der Waals surface area contributed by atoms with Crippen LogP contribution < -0.4 is 10.9 Å². The Morgan fingerprint density at radius 3 is 2.80 bits per heavy atom. The summed E-state index contributed by atoms with van der Waals surface area (Å²) < 4.78 is 15.0. The highest BCUT2D eigenvalue weighted by molar-refractivity contribution is 5.46. The Balaban J connectivity index is 1.88. The maximum atomic E-state index is 13.5. The summed E-state index contributed by atoms with van der Waals surface area (Å²) in [4.78, 5) is 16.2. The van der Waals surface area contributed by atoms with Crippen LogP contribution in [0.4, 0.5) is 10.2 Å². The molecule has 0 saturated carbocycles. The van der Waals surface area contributed by atoms with E-state index in [4.69, 9.17) is 0 Å². The highest BCUT2D eigenvalue weighted by Gasteiger charge is 2.03. The quantitative estimate of drug-likeness (QED) is 0.794. The number of nitrogens with zero attached hydrogens (tertiary/aromatic N) is 2. The van der Waals surface area contributed by atoms with Gasteiger partial charge in [-0.2, -0.15) is 0 Å². The zero-order valence-corrected chi connectivity index (χ0v) is 10.6. The molecule has 0 saturated heterocycles. The van der Waals surface area contributed by atoms with Crippen molar-refractivity contribution in [3.05, 3.63) is 76.5 Å². The Kier molecular flexibility index (Phi) is 3.16. The normalized spacial score (nSPS) is 10.7. The molecule has 0 aliphatic heterocycles. The highest BCUT2D eigenvalue weighted by atomic mass is 19.1. The van der Waals surface area contributed by atoms with Gasteiger partial charge in [-0.25, -0.2) is 9.37 Å². The van der Waals surface area contributed by atoms with Crippen LogP contribution >= 0.6 is 0 Å². The van der Waals surface area contributed by atoms with Crippen LogP contribution in [0, 0.1) is 5.82 Å². The number of benzene rings is 1. The van der Waals surface area contributed by atoms with Crippen molar-refractivity contribution in [2.45, 2.75) is 6.54 Å². The minimum atomic E-state index is -0.280. The van der Waals surface area contributed by atoms with Crippen LogP contribution in [-0.4, -0.2) is 9.38 Å². The van der Waals surface area contributed by atoms with E-state index in [1.54, 1.807) is 36.5 Å². The summed E-state index contributed by atoms with van der Waals surface area (Å²) in [5.41, 5.74) is 0.908. The molecule has 0 fully saturated rings. The summed E-state index contributed by atoms with van der Waals surface area (Å²) in [5.74, 6) is 0.155. The number of aromatic nitrogens is 2. The number of rotatable bonds is 3. The molecule has 1 aromatic carbocycles. The molecule has 100 valence electrons. The van der Waals surface area contributed by atoms with Gasteiger partial charge in [0.1, 0.15) is 17.3 Å². The Labute approximate surface area is 114 Å². The standard InChI is InChI=1S/C15H12FN3O/c16-12-6-2-1-5-11(12)10-17-13-9-15(20)19-8-4-3-7-14(19)18-13/h1-9,17H,10H2. The van der Waals surface area contributed by atoms with Crippen LogP contribution in [0.15, 0.2) is 59.5 Å². The lowest BCUT2D eigenvalue weighted by atomic mass is 10.2. The first-order chi connectivity index (χ1) is 9.74. The van der Waals surface area contributed by atoms with E-state index in [-0.39, 0.29) is 17.9 Å². The molecule has 4 nitrogen and oxygen atoms in total. The fourth-order valence-electron chi connectivity index (χ4n) is 1.97. The minimum absolute atomic E-state index is 0.174. The third-order valence-electron chi connectivity index (χ3n) is 2.99. The third kappa shape index (κ3) is 2.38. The Bertz CT molecular complexity index is 813. The summed E-state index contributed by atoms with van der Waals surface area (Å²) in [6.07, 6.45) is 1.66. The molecule has 1 N–H and O–H groups in total. The molecule has 2 aromatic heterocycles. The van der Waals surface area contributed by atoms with Gasteiger partial charge in [0, 0.05) is 24.4 Å². The second-order valence-electron chi connectivity index (χ2n) is 4.35. The Morgan fingerprint density at radius 2 is 1.95 bits per heavy atom. The largest absolute Gasteiger partial charge is 0.366 e. The van der Waals surface area contributed by atoms with Gasteiger partial charge in [-0.15, -0.1) is 0 Å². The van der Waals surface area contributed by atoms with Crippen LogP contribution in [-0.2, 0) is 6.54 Å². The van der Waals surface area contributed by atoms with E-state index in [2.05, 4.69) is 10.3 Å². The van der Waals surface area contributed by atoms with E-state index in [0.717, 1.165) is 0 Å². The van der Waals surface area contributed by atoms with Gasteiger partial charge in [0.15, 0.2) is 0 Å². The molecule has 0 bridgehead atoms. The SMILES string of the molecule is O=c1cc(NCc2ccccc2F)nc2ccccn12.